The van der Waals surface area contributed by atoms with E-state index in [2.05, 4.69) is 42.5 Å². The molecule has 0 aromatic carbocycles. The number of hydrogen-bond acceptors (Lipinski definition) is 4. The van der Waals surface area contributed by atoms with Gasteiger partial charge in [-0.1, -0.05) is 0 Å². The van der Waals surface area contributed by atoms with Gasteiger partial charge >= 0.3 is 0 Å². The lowest BCUT2D eigenvalue weighted by molar-refractivity contribution is 0.620. The lowest BCUT2D eigenvalue weighted by atomic mass is 10.2. The maximum atomic E-state index is 13.0. The van der Waals surface area contributed by atoms with E-state index < -0.39 is 5.82 Å². The van der Waals surface area contributed by atoms with E-state index >= 15 is 0 Å². The van der Waals surface area contributed by atoms with Gasteiger partial charge in [-0.25, -0.2) is 19.3 Å². The van der Waals surface area contributed by atoms with E-state index in [1.807, 2.05) is 6.07 Å². The monoisotopic (exact) mass is 355 g/mol. The van der Waals surface area contributed by atoms with E-state index in [-0.39, 0.29) is 5.82 Å². The summed E-state index contributed by atoms with van der Waals surface area (Å²) in [5.41, 5.74) is 6.93. The van der Waals surface area contributed by atoms with Crippen LogP contribution in [-0.4, -0.2) is 19.9 Å². The molecule has 0 spiro atoms. The van der Waals surface area contributed by atoms with Gasteiger partial charge in [-0.15, -0.1) is 0 Å². The van der Waals surface area contributed by atoms with Crippen LogP contribution in [0.2, 0.25) is 0 Å². The normalized spacial score (nSPS) is 11.0. The molecule has 0 fully saturated rings. The number of nitrogens with zero attached hydrogens (tertiary/aromatic N) is 3. The first-order chi connectivity index (χ1) is 8.65. The van der Waals surface area contributed by atoms with Crippen molar-refractivity contribution in [3.05, 3.63) is 34.0 Å². The zero-order valence-electron chi connectivity index (χ0n) is 8.98. The Kier molecular flexibility index (Phi) is 2.62. The summed E-state index contributed by atoms with van der Waals surface area (Å²) in [4.78, 5) is 15.1. The SMILES string of the molecule is Nc1nc(-c2c[nH]c3ncc(I)cc23)ncc1F. The number of anilines is 1. The Morgan fingerprint density at radius 3 is 2.89 bits per heavy atom. The second kappa shape index (κ2) is 4.16. The predicted molar refractivity (Wildman–Crippen MR) is 74.2 cm³/mol. The van der Waals surface area contributed by atoms with Crippen molar-refractivity contribution in [1.29, 1.82) is 0 Å². The second-order valence-electron chi connectivity index (χ2n) is 3.68. The van der Waals surface area contributed by atoms with E-state index in [0.29, 0.717) is 5.82 Å². The first-order valence-corrected chi connectivity index (χ1v) is 6.14. The molecule has 0 saturated heterocycles. The summed E-state index contributed by atoms with van der Waals surface area (Å²) >= 11 is 2.17. The smallest absolute Gasteiger partial charge is 0.183 e. The van der Waals surface area contributed by atoms with E-state index in [0.717, 1.165) is 26.4 Å². The fourth-order valence-corrected chi connectivity index (χ4v) is 2.12. The summed E-state index contributed by atoms with van der Waals surface area (Å²) in [5, 5.41) is 0.882. The topological polar surface area (TPSA) is 80.5 Å². The number of nitrogen functional groups attached to an aromatic ring is 1. The van der Waals surface area contributed by atoms with Crippen LogP contribution in [0.5, 0.6) is 0 Å². The van der Waals surface area contributed by atoms with Gasteiger partial charge in [-0.05, 0) is 28.7 Å². The predicted octanol–water partition coefficient (Wildman–Crippen LogP) is 2.35. The van der Waals surface area contributed by atoms with Crippen LogP contribution >= 0.6 is 22.6 Å². The molecule has 0 atom stereocenters. The van der Waals surface area contributed by atoms with Crippen LogP contribution in [0.3, 0.4) is 0 Å². The Morgan fingerprint density at radius 1 is 1.28 bits per heavy atom. The number of pyridine rings is 1. The number of nitrogens with two attached hydrogens (primary N) is 1. The summed E-state index contributed by atoms with van der Waals surface area (Å²) in [6, 6.07) is 1.96. The number of aromatic amines is 1. The molecule has 90 valence electrons. The third-order valence-electron chi connectivity index (χ3n) is 2.51. The minimum Gasteiger partial charge on any atom is -0.381 e. The molecular formula is C11H7FIN5. The van der Waals surface area contributed by atoms with Gasteiger partial charge in [0.2, 0.25) is 0 Å². The van der Waals surface area contributed by atoms with Crippen LogP contribution in [0.4, 0.5) is 10.2 Å². The van der Waals surface area contributed by atoms with Gasteiger partial charge in [0, 0.05) is 26.9 Å². The van der Waals surface area contributed by atoms with Crippen molar-refractivity contribution in [3.8, 4) is 11.4 Å². The number of rotatable bonds is 1. The molecule has 0 saturated carbocycles. The Bertz CT molecular complexity index is 739. The number of nitrogens with one attached hydrogen (secondary N) is 1. The number of aromatic nitrogens is 4. The Morgan fingerprint density at radius 2 is 2.11 bits per heavy atom. The van der Waals surface area contributed by atoms with Crippen LogP contribution in [-0.2, 0) is 0 Å². The molecule has 0 aliphatic carbocycles. The van der Waals surface area contributed by atoms with Crippen molar-refractivity contribution >= 4 is 39.4 Å². The maximum Gasteiger partial charge on any atom is 0.183 e. The number of fused-ring (bicyclic) bond motifs is 1. The lowest BCUT2D eigenvalue weighted by Gasteiger charge is -2.00. The molecule has 3 heterocycles. The van der Waals surface area contributed by atoms with E-state index in [1.165, 1.54) is 0 Å². The first-order valence-electron chi connectivity index (χ1n) is 5.06. The number of hydrogen-bond donors (Lipinski definition) is 2. The molecule has 3 rings (SSSR count). The fourth-order valence-electron chi connectivity index (χ4n) is 1.67. The van der Waals surface area contributed by atoms with E-state index in [4.69, 9.17) is 5.73 Å². The van der Waals surface area contributed by atoms with Crippen molar-refractivity contribution in [2.75, 3.05) is 5.73 Å². The van der Waals surface area contributed by atoms with Crippen LogP contribution in [0.1, 0.15) is 0 Å². The van der Waals surface area contributed by atoms with Crippen LogP contribution in [0.25, 0.3) is 22.4 Å². The minimum absolute atomic E-state index is 0.159. The van der Waals surface area contributed by atoms with E-state index in [1.54, 1.807) is 12.4 Å². The molecule has 3 aromatic rings. The Balaban J connectivity index is 2.24. The summed E-state index contributed by atoms with van der Waals surface area (Å²) in [5.74, 6) is -0.400. The molecule has 3 aromatic heterocycles. The Hall–Kier alpha value is -1.77. The molecule has 3 N–H and O–H groups in total. The number of H-pyrrole nitrogens is 1. The van der Waals surface area contributed by atoms with Crippen molar-refractivity contribution in [3.63, 3.8) is 0 Å². The highest BCUT2D eigenvalue weighted by Gasteiger charge is 2.11. The third-order valence-corrected chi connectivity index (χ3v) is 3.10. The molecule has 5 nitrogen and oxygen atoms in total. The fraction of sp³-hybridized carbons (Fsp3) is 0. The zero-order valence-corrected chi connectivity index (χ0v) is 11.1. The van der Waals surface area contributed by atoms with Gasteiger partial charge in [0.1, 0.15) is 5.65 Å². The van der Waals surface area contributed by atoms with Crippen LogP contribution in [0.15, 0.2) is 24.7 Å². The second-order valence-corrected chi connectivity index (χ2v) is 4.92. The highest BCUT2D eigenvalue weighted by Crippen LogP contribution is 2.26. The van der Waals surface area contributed by atoms with Crippen molar-refractivity contribution in [2.24, 2.45) is 0 Å². The van der Waals surface area contributed by atoms with Crippen LogP contribution < -0.4 is 5.73 Å². The van der Waals surface area contributed by atoms with Gasteiger partial charge in [0.25, 0.3) is 0 Å². The quantitative estimate of drug-likeness (QED) is 0.657. The zero-order chi connectivity index (χ0) is 12.7. The van der Waals surface area contributed by atoms with E-state index in [9.17, 15) is 4.39 Å². The average molecular weight is 355 g/mol. The highest BCUT2D eigenvalue weighted by molar-refractivity contribution is 14.1. The maximum absolute atomic E-state index is 13.0. The molecule has 0 radical (unpaired) electrons. The Labute approximate surface area is 115 Å². The van der Waals surface area contributed by atoms with Crippen molar-refractivity contribution < 1.29 is 4.39 Å². The number of halogens is 2. The molecule has 0 amide bonds. The van der Waals surface area contributed by atoms with Gasteiger partial charge in [0.15, 0.2) is 17.5 Å². The molecule has 18 heavy (non-hydrogen) atoms. The van der Waals surface area contributed by atoms with Crippen LogP contribution in [0, 0.1) is 9.39 Å². The molecule has 0 aliphatic heterocycles. The summed E-state index contributed by atoms with van der Waals surface area (Å²) in [6.45, 7) is 0. The molecular weight excluding hydrogens is 348 g/mol. The van der Waals surface area contributed by atoms with Crippen molar-refractivity contribution in [1.82, 2.24) is 19.9 Å². The standard InChI is InChI=1S/C11H7FIN5/c12-8-4-17-11(18-9(8)14)7-3-16-10-6(7)1-5(13)2-15-10/h1-4H,(H,15,16)(H2,14,17,18). The minimum atomic E-state index is -0.619. The molecule has 7 heteroatoms. The first kappa shape index (κ1) is 11.3. The molecule has 0 aliphatic rings. The highest BCUT2D eigenvalue weighted by atomic mass is 127. The third kappa shape index (κ3) is 1.80. The largest absolute Gasteiger partial charge is 0.381 e. The summed E-state index contributed by atoms with van der Waals surface area (Å²) < 4.78 is 14.0. The van der Waals surface area contributed by atoms with Gasteiger partial charge in [0.05, 0.1) is 6.20 Å². The van der Waals surface area contributed by atoms with Gasteiger partial charge in [-0.3, -0.25) is 0 Å². The summed E-state index contributed by atoms with van der Waals surface area (Å²) in [7, 11) is 0. The molecule has 0 unspecified atom stereocenters. The lowest BCUT2D eigenvalue weighted by Crippen LogP contribution is -1.98. The molecule has 0 bridgehead atoms. The van der Waals surface area contributed by atoms with Crippen molar-refractivity contribution in [2.45, 2.75) is 0 Å². The van der Waals surface area contributed by atoms with Gasteiger partial charge in [-0.2, -0.15) is 0 Å². The van der Waals surface area contributed by atoms with Gasteiger partial charge < -0.3 is 10.7 Å². The summed E-state index contributed by atoms with van der Waals surface area (Å²) in [6.07, 6.45) is 4.56. The average Bonchev–Trinajstić information content (AvgIpc) is 2.75.